The Morgan fingerprint density at radius 3 is 2.81 bits per heavy atom. The van der Waals surface area contributed by atoms with Crippen LogP contribution in [0, 0.1) is 0 Å². The van der Waals surface area contributed by atoms with Crippen molar-refractivity contribution in [2.24, 2.45) is 0 Å². The number of aromatic nitrogens is 1. The third-order valence-corrected chi connectivity index (χ3v) is 3.39. The van der Waals surface area contributed by atoms with Crippen molar-refractivity contribution in [3.8, 4) is 0 Å². The van der Waals surface area contributed by atoms with Crippen LogP contribution in [0.25, 0.3) is 0 Å². The summed E-state index contributed by atoms with van der Waals surface area (Å²) >= 11 is 6.08. The van der Waals surface area contributed by atoms with Gasteiger partial charge >= 0.3 is 0 Å². The molecule has 0 aliphatic carbocycles. The molecule has 0 bridgehead atoms. The van der Waals surface area contributed by atoms with Crippen LogP contribution in [-0.4, -0.2) is 16.8 Å². The maximum atomic E-state index is 12.1. The van der Waals surface area contributed by atoms with Crippen molar-refractivity contribution >= 4 is 34.8 Å². The minimum atomic E-state index is -0.480. The third-order valence-electron chi connectivity index (χ3n) is 3.08. The summed E-state index contributed by atoms with van der Waals surface area (Å²) in [4.78, 5) is 37.0. The Balaban J connectivity index is 1.89. The fraction of sp³-hybridized carbons (Fsp3) is 0.0714. The van der Waals surface area contributed by atoms with Crippen molar-refractivity contribution in [1.82, 2.24) is 4.98 Å². The Bertz CT molecular complexity index is 813. The number of fused-ring (bicyclic) bond motifs is 1. The second-order valence-corrected chi connectivity index (χ2v) is 5.00. The van der Waals surface area contributed by atoms with E-state index < -0.39 is 5.91 Å². The van der Waals surface area contributed by atoms with E-state index in [1.54, 1.807) is 12.1 Å². The van der Waals surface area contributed by atoms with Crippen LogP contribution in [0.1, 0.15) is 16.1 Å². The van der Waals surface area contributed by atoms with Gasteiger partial charge in [-0.3, -0.25) is 14.4 Å². The molecule has 3 rings (SSSR count). The monoisotopic (exact) mass is 303 g/mol. The molecule has 0 unspecified atom stereocenters. The molecule has 3 N–H and O–H groups in total. The Morgan fingerprint density at radius 1 is 1.24 bits per heavy atom. The number of aromatic amines is 1. The van der Waals surface area contributed by atoms with Crippen LogP contribution in [0.2, 0.25) is 5.02 Å². The van der Waals surface area contributed by atoms with Gasteiger partial charge in [0.2, 0.25) is 11.5 Å². The summed E-state index contributed by atoms with van der Waals surface area (Å²) in [5.74, 6) is -0.594. The van der Waals surface area contributed by atoms with Crippen molar-refractivity contribution in [2.45, 2.75) is 6.42 Å². The number of H-pyrrole nitrogens is 1. The van der Waals surface area contributed by atoms with E-state index in [0.29, 0.717) is 16.4 Å². The maximum absolute atomic E-state index is 12.1. The molecule has 1 aromatic heterocycles. The number of pyridine rings is 1. The van der Waals surface area contributed by atoms with Gasteiger partial charge in [-0.1, -0.05) is 17.7 Å². The zero-order chi connectivity index (χ0) is 15.0. The first-order valence-corrected chi connectivity index (χ1v) is 6.54. The van der Waals surface area contributed by atoms with Gasteiger partial charge in [0.05, 0.1) is 17.1 Å². The first-order chi connectivity index (χ1) is 10.0. The van der Waals surface area contributed by atoms with Gasteiger partial charge < -0.3 is 15.6 Å². The van der Waals surface area contributed by atoms with Crippen LogP contribution < -0.4 is 16.2 Å². The SMILES string of the molecule is O=C1Cc2cc(NC(=O)c3cccc(=O)[nH]3)c(Cl)cc2N1. The molecule has 2 aromatic rings. The van der Waals surface area contributed by atoms with Crippen LogP contribution >= 0.6 is 11.6 Å². The Morgan fingerprint density at radius 2 is 2.05 bits per heavy atom. The van der Waals surface area contributed by atoms with Crippen LogP contribution in [0.15, 0.2) is 35.1 Å². The predicted octanol–water partition coefficient (Wildman–Crippen LogP) is 1.78. The molecule has 0 saturated carbocycles. The average molecular weight is 304 g/mol. The maximum Gasteiger partial charge on any atom is 0.272 e. The number of carbonyl (C=O) groups excluding carboxylic acids is 2. The summed E-state index contributed by atoms with van der Waals surface area (Å²) in [6.45, 7) is 0. The number of hydrogen-bond acceptors (Lipinski definition) is 3. The first-order valence-electron chi connectivity index (χ1n) is 6.16. The van der Waals surface area contributed by atoms with E-state index in [2.05, 4.69) is 15.6 Å². The van der Waals surface area contributed by atoms with E-state index in [1.165, 1.54) is 18.2 Å². The lowest BCUT2D eigenvalue weighted by Gasteiger charge is -2.09. The molecule has 0 saturated heterocycles. The van der Waals surface area contributed by atoms with Gasteiger partial charge in [0.25, 0.3) is 5.91 Å². The Labute approximate surface area is 124 Å². The van der Waals surface area contributed by atoms with Gasteiger partial charge in [-0.2, -0.15) is 0 Å². The number of halogens is 1. The lowest BCUT2D eigenvalue weighted by molar-refractivity contribution is -0.115. The number of hydrogen-bond donors (Lipinski definition) is 3. The van der Waals surface area contributed by atoms with Crippen molar-refractivity contribution in [3.63, 3.8) is 0 Å². The van der Waals surface area contributed by atoms with Crippen LogP contribution in [0.5, 0.6) is 0 Å². The Kier molecular flexibility index (Phi) is 3.23. The first kappa shape index (κ1) is 13.4. The molecule has 2 amide bonds. The summed E-state index contributed by atoms with van der Waals surface area (Å²) in [5.41, 5.74) is 1.57. The van der Waals surface area contributed by atoms with Crippen LogP contribution in [0.4, 0.5) is 11.4 Å². The molecule has 6 nitrogen and oxygen atoms in total. The van der Waals surface area contributed by atoms with Gasteiger partial charge in [0.1, 0.15) is 5.69 Å². The topological polar surface area (TPSA) is 91.1 Å². The van der Waals surface area contributed by atoms with Gasteiger partial charge in [-0.15, -0.1) is 0 Å². The zero-order valence-electron chi connectivity index (χ0n) is 10.7. The van der Waals surface area contributed by atoms with E-state index in [9.17, 15) is 14.4 Å². The second kappa shape index (κ2) is 5.06. The molecule has 1 aromatic carbocycles. The van der Waals surface area contributed by atoms with Crippen LogP contribution in [0.3, 0.4) is 0 Å². The summed E-state index contributed by atoms with van der Waals surface area (Å²) in [7, 11) is 0. The number of benzene rings is 1. The molecular weight excluding hydrogens is 294 g/mol. The quantitative estimate of drug-likeness (QED) is 0.789. The molecule has 0 fully saturated rings. The normalized spacial score (nSPS) is 12.7. The second-order valence-electron chi connectivity index (χ2n) is 4.60. The number of anilines is 2. The third kappa shape index (κ3) is 2.66. The molecule has 1 aliphatic heterocycles. The van der Waals surface area contributed by atoms with Gasteiger partial charge in [0, 0.05) is 11.8 Å². The van der Waals surface area contributed by atoms with Crippen molar-refractivity contribution in [1.29, 1.82) is 0 Å². The number of carbonyl (C=O) groups is 2. The van der Waals surface area contributed by atoms with E-state index in [4.69, 9.17) is 11.6 Å². The summed E-state index contributed by atoms with van der Waals surface area (Å²) in [5, 5.41) is 5.60. The minimum Gasteiger partial charge on any atom is -0.325 e. The highest BCUT2D eigenvalue weighted by Gasteiger charge is 2.20. The van der Waals surface area contributed by atoms with Crippen molar-refractivity contribution in [3.05, 3.63) is 57.0 Å². The minimum absolute atomic E-state index is 0.114. The lowest BCUT2D eigenvalue weighted by Crippen LogP contribution is -2.18. The molecule has 2 heterocycles. The zero-order valence-corrected chi connectivity index (χ0v) is 11.5. The standard InChI is InChI=1S/C14H10ClN3O3/c15-8-6-10-7(5-13(20)17-10)4-11(8)18-14(21)9-2-1-3-12(19)16-9/h1-4,6H,5H2,(H,16,19)(H,17,20)(H,18,21). The number of nitrogens with one attached hydrogen (secondary N) is 3. The highest BCUT2D eigenvalue weighted by Crippen LogP contribution is 2.32. The predicted molar refractivity (Wildman–Crippen MR) is 78.8 cm³/mol. The van der Waals surface area contributed by atoms with E-state index >= 15 is 0 Å². The average Bonchev–Trinajstić information content (AvgIpc) is 2.78. The van der Waals surface area contributed by atoms with E-state index in [0.717, 1.165) is 5.56 Å². The molecule has 7 heteroatoms. The van der Waals surface area contributed by atoms with Gasteiger partial charge in [-0.05, 0) is 23.8 Å². The van der Waals surface area contributed by atoms with Gasteiger partial charge in [0.15, 0.2) is 0 Å². The molecule has 0 atom stereocenters. The molecule has 106 valence electrons. The Hall–Kier alpha value is -2.60. The molecular formula is C14H10ClN3O3. The lowest BCUT2D eigenvalue weighted by atomic mass is 10.1. The smallest absolute Gasteiger partial charge is 0.272 e. The number of rotatable bonds is 2. The van der Waals surface area contributed by atoms with Crippen molar-refractivity contribution in [2.75, 3.05) is 10.6 Å². The van der Waals surface area contributed by atoms with E-state index in [1.807, 2.05) is 0 Å². The van der Waals surface area contributed by atoms with Gasteiger partial charge in [-0.25, -0.2) is 0 Å². The molecule has 0 radical (unpaired) electrons. The molecule has 1 aliphatic rings. The van der Waals surface area contributed by atoms with Crippen molar-refractivity contribution < 1.29 is 9.59 Å². The largest absolute Gasteiger partial charge is 0.325 e. The molecule has 21 heavy (non-hydrogen) atoms. The highest BCUT2D eigenvalue weighted by molar-refractivity contribution is 6.34. The summed E-state index contributed by atoms with van der Waals surface area (Å²) in [6.07, 6.45) is 0.248. The van der Waals surface area contributed by atoms with Crippen LogP contribution in [-0.2, 0) is 11.2 Å². The summed E-state index contributed by atoms with van der Waals surface area (Å²) < 4.78 is 0. The van der Waals surface area contributed by atoms with E-state index in [-0.39, 0.29) is 23.6 Å². The summed E-state index contributed by atoms with van der Waals surface area (Å²) in [6, 6.07) is 7.53. The highest BCUT2D eigenvalue weighted by atomic mass is 35.5. The number of amides is 2. The molecule has 0 spiro atoms. The fourth-order valence-corrected chi connectivity index (χ4v) is 2.32. The fourth-order valence-electron chi connectivity index (χ4n) is 2.11.